The summed E-state index contributed by atoms with van der Waals surface area (Å²) in [6.07, 6.45) is -0.106. The van der Waals surface area contributed by atoms with Gasteiger partial charge in [-0.3, -0.25) is 9.36 Å². The Morgan fingerprint density at radius 3 is 2.43 bits per heavy atom. The molecule has 1 saturated carbocycles. The van der Waals surface area contributed by atoms with Gasteiger partial charge >= 0.3 is 8.25 Å². The first-order valence-corrected chi connectivity index (χ1v) is 13.5. The molecule has 13 heteroatoms. The van der Waals surface area contributed by atoms with Gasteiger partial charge in [0.15, 0.2) is 17.0 Å². The molecule has 0 aliphatic heterocycles. The van der Waals surface area contributed by atoms with Crippen LogP contribution in [0.15, 0.2) is 43.0 Å². The molecule has 37 heavy (non-hydrogen) atoms. The molecule has 0 saturated heterocycles. The number of rotatable bonds is 9. The van der Waals surface area contributed by atoms with Crippen LogP contribution < -0.4 is 5.32 Å². The van der Waals surface area contributed by atoms with Crippen LogP contribution in [0.1, 0.15) is 43.6 Å². The maximum Gasteiger partial charge on any atom is 0.316 e. The number of alkyl halides is 1. The van der Waals surface area contributed by atoms with E-state index in [1.807, 2.05) is 0 Å². The van der Waals surface area contributed by atoms with Crippen LogP contribution in [-0.4, -0.2) is 78.8 Å². The Bertz CT molecular complexity index is 1170. The first-order valence-electron chi connectivity index (χ1n) is 12.2. The van der Waals surface area contributed by atoms with Crippen molar-refractivity contribution in [1.29, 1.82) is 0 Å². The van der Waals surface area contributed by atoms with Crippen molar-refractivity contribution in [1.82, 2.24) is 24.4 Å². The number of imidazole rings is 1. The fourth-order valence-electron chi connectivity index (χ4n) is 4.40. The number of halogens is 1. The third kappa shape index (κ3) is 6.97. The van der Waals surface area contributed by atoms with Crippen LogP contribution in [0.3, 0.4) is 0 Å². The van der Waals surface area contributed by atoms with E-state index in [1.165, 1.54) is 36.9 Å². The van der Waals surface area contributed by atoms with Crippen LogP contribution in [-0.2, 0) is 9.09 Å². The van der Waals surface area contributed by atoms with Gasteiger partial charge in [-0.25, -0.2) is 19.3 Å². The Hall–Kier alpha value is -2.76. The van der Waals surface area contributed by atoms with Crippen molar-refractivity contribution in [2.24, 2.45) is 5.92 Å². The number of nitrogens with one attached hydrogen (secondary N) is 1. The number of carbonyl (C=O) groups is 1. The Kier molecular flexibility index (Phi) is 10.7. The summed E-state index contributed by atoms with van der Waals surface area (Å²) in [5.41, 5.74) is 0.998. The van der Waals surface area contributed by atoms with Gasteiger partial charge in [-0.05, 0) is 38.2 Å². The minimum atomic E-state index is -3.37. The van der Waals surface area contributed by atoms with Crippen molar-refractivity contribution < 1.29 is 28.3 Å². The van der Waals surface area contributed by atoms with Gasteiger partial charge in [-0.1, -0.05) is 39.0 Å². The summed E-state index contributed by atoms with van der Waals surface area (Å²) in [4.78, 5) is 36.3. The number of carbonyl (C=O) groups excluding carboxylic acids is 1. The summed E-state index contributed by atoms with van der Waals surface area (Å²) < 4.78 is 32.4. The molecule has 11 nitrogen and oxygen atoms in total. The number of nitrogens with zero attached hydrogens (tertiary/aromatic N) is 5. The summed E-state index contributed by atoms with van der Waals surface area (Å²) in [5, 5.41) is 12.2. The number of aromatic nitrogens is 4. The number of aliphatic hydroxyl groups is 1. The minimum absolute atomic E-state index is 0.165. The predicted octanol–water partition coefficient (Wildman–Crippen LogP) is 3.09. The molecular weight excluding hydrogens is 502 g/mol. The highest BCUT2D eigenvalue weighted by molar-refractivity contribution is 7.32. The lowest BCUT2D eigenvalue weighted by molar-refractivity contribution is 0.0568. The molecule has 1 unspecified atom stereocenters. The number of fused-ring (bicyclic) bond motifs is 1. The summed E-state index contributed by atoms with van der Waals surface area (Å²) in [6.45, 7) is 9.73. The van der Waals surface area contributed by atoms with Gasteiger partial charge in [-0.15, -0.1) is 0 Å². The lowest BCUT2D eigenvalue weighted by Gasteiger charge is -2.19. The Morgan fingerprint density at radius 2 is 1.86 bits per heavy atom. The molecular formula is C24H34FN6O5P. The highest BCUT2D eigenvalue weighted by atomic mass is 31.1. The molecule has 0 radical (unpaired) electrons. The second-order valence-corrected chi connectivity index (χ2v) is 9.29. The average molecular weight is 537 g/mol. The van der Waals surface area contributed by atoms with Crippen LogP contribution in [0.5, 0.6) is 0 Å². The third-order valence-corrected chi connectivity index (χ3v) is 6.96. The van der Waals surface area contributed by atoms with Crippen LogP contribution in [0.2, 0.25) is 0 Å². The molecule has 1 amide bonds. The van der Waals surface area contributed by atoms with Crippen molar-refractivity contribution in [2.75, 3.05) is 31.6 Å². The number of hydrogen-bond donors (Lipinski definition) is 3. The van der Waals surface area contributed by atoms with E-state index in [9.17, 15) is 14.5 Å². The van der Waals surface area contributed by atoms with Crippen LogP contribution in [0.25, 0.3) is 11.2 Å². The van der Waals surface area contributed by atoms with E-state index in [2.05, 4.69) is 45.9 Å². The molecule has 2 heterocycles. The number of anilines is 1. The molecule has 1 aliphatic rings. The molecule has 5 atom stereocenters. The summed E-state index contributed by atoms with van der Waals surface area (Å²) in [6, 6.07) is 7.75. The smallest absolute Gasteiger partial charge is 0.316 e. The predicted molar refractivity (Wildman–Crippen MR) is 138 cm³/mol. The molecule has 3 aromatic rings. The monoisotopic (exact) mass is 536 g/mol. The quantitative estimate of drug-likeness (QED) is 0.352. The fraction of sp³-hybridized carbons (Fsp3) is 0.500. The van der Waals surface area contributed by atoms with Crippen molar-refractivity contribution in [3.8, 4) is 0 Å². The first-order chi connectivity index (χ1) is 17.8. The zero-order chi connectivity index (χ0) is 26.9. The number of amides is 1. The maximum atomic E-state index is 15.0. The van der Waals surface area contributed by atoms with E-state index in [-0.39, 0.29) is 29.3 Å². The van der Waals surface area contributed by atoms with Crippen molar-refractivity contribution >= 4 is 31.1 Å². The van der Waals surface area contributed by atoms with Crippen LogP contribution in [0.4, 0.5) is 10.2 Å². The lowest BCUT2D eigenvalue weighted by Crippen LogP contribution is -2.28. The number of aliphatic hydroxyl groups excluding tert-OH is 1. The highest BCUT2D eigenvalue weighted by Crippen LogP contribution is 2.43. The van der Waals surface area contributed by atoms with Crippen molar-refractivity contribution in [2.45, 2.75) is 45.5 Å². The second kappa shape index (κ2) is 13.7. The molecule has 0 spiro atoms. The van der Waals surface area contributed by atoms with Crippen molar-refractivity contribution in [3.05, 3.63) is 48.5 Å². The highest BCUT2D eigenvalue weighted by Gasteiger charge is 2.46. The Labute approximate surface area is 215 Å². The SMILES string of the molecule is CCN(CC)CC.O=C(Nc1ncnc2c1ncn2[C@@H]1C[C@H](CO)[C@@H](O[PH](=O)O)[C@H]1F)c1ccccc1. The Morgan fingerprint density at radius 1 is 1.19 bits per heavy atom. The molecule has 4 rings (SSSR count). The summed E-state index contributed by atoms with van der Waals surface area (Å²) >= 11 is 0. The first kappa shape index (κ1) is 28.8. The topological polar surface area (TPSA) is 143 Å². The fourth-order valence-corrected chi connectivity index (χ4v) is 4.96. The molecule has 202 valence electrons. The van der Waals surface area contributed by atoms with E-state index in [0.717, 1.165) is 0 Å². The molecule has 1 aromatic carbocycles. The number of hydrogen-bond acceptors (Lipinski definition) is 8. The van der Waals surface area contributed by atoms with Crippen LogP contribution >= 0.6 is 8.25 Å². The van der Waals surface area contributed by atoms with E-state index >= 15 is 4.39 Å². The van der Waals surface area contributed by atoms with E-state index in [4.69, 9.17) is 9.42 Å². The second-order valence-electron chi connectivity index (χ2n) is 8.52. The summed E-state index contributed by atoms with van der Waals surface area (Å²) in [7, 11) is -3.37. The van der Waals surface area contributed by atoms with Gasteiger partial charge < -0.3 is 29.3 Å². The van der Waals surface area contributed by atoms with Gasteiger partial charge in [0.2, 0.25) is 0 Å². The van der Waals surface area contributed by atoms with Gasteiger partial charge in [0.05, 0.1) is 12.4 Å². The molecule has 3 N–H and O–H groups in total. The van der Waals surface area contributed by atoms with Gasteiger partial charge in [-0.2, -0.15) is 0 Å². The Balaban J connectivity index is 0.000000479. The standard InChI is InChI=1S/C18H19FN5O5P.C6H15N/c19-13-12(6-11(7-25)15(13)29-30(27)28)24-9-22-14-16(20-8-21-17(14)24)23-18(26)10-4-2-1-3-5-10;1-4-7(5-2)6-3/h1-5,8-9,11-13,15,25,30H,6-7H2,(H,27,28)(H,20,21,23,26);4-6H2,1-3H3/t11-,12-,13+,15-;/m1./s1. The van der Waals surface area contributed by atoms with Gasteiger partial charge in [0.25, 0.3) is 5.91 Å². The zero-order valence-electron chi connectivity index (χ0n) is 21.1. The zero-order valence-corrected chi connectivity index (χ0v) is 22.1. The van der Waals surface area contributed by atoms with Gasteiger partial charge in [0, 0.05) is 18.1 Å². The third-order valence-electron chi connectivity index (χ3n) is 6.49. The number of benzene rings is 1. The van der Waals surface area contributed by atoms with Crippen molar-refractivity contribution in [3.63, 3.8) is 0 Å². The normalized spacial score (nSPS) is 22.0. The van der Waals surface area contributed by atoms with E-state index in [1.54, 1.807) is 30.3 Å². The maximum absolute atomic E-state index is 15.0. The molecule has 0 bridgehead atoms. The average Bonchev–Trinajstić information content (AvgIpc) is 3.47. The summed E-state index contributed by atoms with van der Waals surface area (Å²) in [5.74, 6) is -0.855. The molecule has 2 aromatic heterocycles. The molecule has 1 aliphatic carbocycles. The van der Waals surface area contributed by atoms with E-state index in [0.29, 0.717) is 5.56 Å². The minimum Gasteiger partial charge on any atom is -0.396 e. The largest absolute Gasteiger partial charge is 0.396 e. The lowest BCUT2D eigenvalue weighted by atomic mass is 10.1. The molecule has 1 fully saturated rings. The van der Waals surface area contributed by atoms with Crippen LogP contribution in [0, 0.1) is 5.92 Å². The van der Waals surface area contributed by atoms with E-state index < -0.39 is 39.1 Å². The van der Waals surface area contributed by atoms with Gasteiger partial charge in [0.1, 0.15) is 18.6 Å².